The molecule has 0 radical (unpaired) electrons. The van der Waals surface area contributed by atoms with Crippen molar-refractivity contribution in [2.45, 2.75) is 26.5 Å². The van der Waals surface area contributed by atoms with Gasteiger partial charge in [0.15, 0.2) is 0 Å². The van der Waals surface area contributed by atoms with Crippen molar-refractivity contribution in [1.29, 1.82) is 0 Å². The fourth-order valence-electron chi connectivity index (χ4n) is 3.60. The third kappa shape index (κ3) is 6.23. The zero-order valence-corrected chi connectivity index (χ0v) is 18.8. The van der Waals surface area contributed by atoms with Crippen LogP contribution in [0.5, 0.6) is 5.75 Å². The third-order valence-electron chi connectivity index (χ3n) is 5.43. The molecule has 0 heterocycles. The Kier molecular flexibility index (Phi) is 7.39. The lowest BCUT2D eigenvalue weighted by Gasteiger charge is -2.12. The first-order valence-electron chi connectivity index (χ1n) is 11.2. The van der Waals surface area contributed by atoms with E-state index in [1.165, 1.54) is 5.56 Å². The summed E-state index contributed by atoms with van der Waals surface area (Å²) in [5.74, 6) is 0.626. The number of amides is 1. The minimum atomic E-state index is -0.135. The van der Waals surface area contributed by atoms with Crippen molar-refractivity contribution >= 4 is 17.3 Å². The van der Waals surface area contributed by atoms with Crippen LogP contribution in [-0.2, 0) is 19.6 Å². The summed E-state index contributed by atoms with van der Waals surface area (Å²) in [6, 6.07) is 33.5. The topological polar surface area (TPSA) is 50.4 Å². The maximum absolute atomic E-state index is 12.8. The van der Waals surface area contributed by atoms with Gasteiger partial charge in [0.05, 0.1) is 0 Å². The first-order chi connectivity index (χ1) is 16.2. The molecule has 0 aromatic heterocycles. The van der Waals surface area contributed by atoms with Crippen LogP contribution in [0.1, 0.15) is 34.0 Å². The SMILES string of the molecule is CCc1ccccc1NCc1cccc(C(=O)Nc2ccc(OCc3ccccc3)cc2)c1. The highest BCUT2D eigenvalue weighted by molar-refractivity contribution is 6.04. The van der Waals surface area contributed by atoms with E-state index in [4.69, 9.17) is 4.74 Å². The van der Waals surface area contributed by atoms with E-state index in [9.17, 15) is 4.79 Å². The highest BCUT2D eigenvalue weighted by atomic mass is 16.5. The van der Waals surface area contributed by atoms with Gasteiger partial charge >= 0.3 is 0 Å². The standard InChI is InChI=1S/C29H28N2O2/c1-2-24-12-6-7-14-28(24)30-20-23-11-8-13-25(19-23)29(32)31-26-15-17-27(18-16-26)33-21-22-9-4-3-5-10-22/h3-19,30H,2,20-21H2,1H3,(H,31,32). The molecule has 0 bridgehead atoms. The van der Waals surface area contributed by atoms with Gasteiger partial charge in [-0.2, -0.15) is 0 Å². The van der Waals surface area contributed by atoms with E-state index in [0.29, 0.717) is 18.7 Å². The number of rotatable bonds is 9. The molecule has 0 saturated heterocycles. The molecule has 33 heavy (non-hydrogen) atoms. The minimum Gasteiger partial charge on any atom is -0.489 e. The van der Waals surface area contributed by atoms with Crippen molar-refractivity contribution < 1.29 is 9.53 Å². The van der Waals surface area contributed by atoms with Gasteiger partial charge in [-0.3, -0.25) is 4.79 Å². The van der Waals surface area contributed by atoms with Gasteiger partial charge in [-0.15, -0.1) is 0 Å². The van der Waals surface area contributed by atoms with Gasteiger partial charge in [0.1, 0.15) is 12.4 Å². The van der Waals surface area contributed by atoms with Gasteiger partial charge in [0, 0.05) is 23.5 Å². The number of carbonyl (C=O) groups is 1. The largest absolute Gasteiger partial charge is 0.489 e. The summed E-state index contributed by atoms with van der Waals surface area (Å²) in [7, 11) is 0. The first kappa shape index (κ1) is 22.2. The molecule has 0 unspecified atom stereocenters. The van der Waals surface area contributed by atoms with Gasteiger partial charge in [0.2, 0.25) is 0 Å². The Morgan fingerprint density at radius 3 is 2.30 bits per heavy atom. The van der Waals surface area contributed by atoms with Crippen LogP contribution in [0.15, 0.2) is 103 Å². The van der Waals surface area contributed by atoms with E-state index < -0.39 is 0 Å². The number of benzene rings is 4. The van der Waals surface area contributed by atoms with E-state index in [0.717, 1.165) is 34.7 Å². The van der Waals surface area contributed by atoms with E-state index in [1.54, 1.807) is 0 Å². The van der Waals surface area contributed by atoms with Gasteiger partial charge in [0.25, 0.3) is 5.91 Å². The number of para-hydroxylation sites is 1. The number of anilines is 2. The van der Waals surface area contributed by atoms with Crippen molar-refractivity contribution in [1.82, 2.24) is 0 Å². The molecule has 0 aliphatic carbocycles. The third-order valence-corrected chi connectivity index (χ3v) is 5.43. The number of hydrogen-bond donors (Lipinski definition) is 2. The second-order valence-electron chi connectivity index (χ2n) is 7.82. The second kappa shape index (κ2) is 11.0. The number of nitrogens with one attached hydrogen (secondary N) is 2. The molecular weight excluding hydrogens is 408 g/mol. The van der Waals surface area contributed by atoms with E-state index in [-0.39, 0.29) is 5.91 Å². The Balaban J connectivity index is 1.33. The van der Waals surface area contributed by atoms with Gasteiger partial charge in [-0.1, -0.05) is 67.6 Å². The summed E-state index contributed by atoms with van der Waals surface area (Å²) in [5.41, 5.74) is 5.93. The van der Waals surface area contributed by atoms with E-state index in [1.807, 2.05) is 84.9 Å². The van der Waals surface area contributed by atoms with Crippen molar-refractivity contribution in [3.8, 4) is 5.75 Å². The predicted octanol–water partition coefficient (Wildman–Crippen LogP) is 6.69. The molecule has 1 amide bonds. The zero-order chi connectivity index (χ0) is 22.9. The highest BCUT2D eigenvalue weighted by Gasteiger charge is 2.08. The molecular formula is C29H28N2O2. The Labute approximate surface area is 195 Å². The number of carbonyl (C=O) groups excluding carboxylic acids is 1. The number of aryl methyl sites for hydroxylation is 1. The lowest BCUT2D eigenvalue weighted by molar-refractivity contribution is 0.102. The van der Waals surface area contributed by atoms with Crippen LogP contribution >= 0.6 is 0 Å². The Hall–Kier alpha value is -4.05. The van der Waals surface area contributed by atoms with Crippen LogP contribution < -0.4 is 15.4 Å². The van der Waals surface area contributed by atoms with E-state index >= 15 is 0 Å². The maximum Gasteiger partial charge on any atom is 0.255 e. The molecule has 166 valence electrons. The van der Waals surface area contributed by atoms with Gasteiger partial charge < -0.3 is 15.4 Å². The predicted molar refractivity (Wildman–Crippen MR) is 135 cm³/mol. The van der Waals surface area contributed by atoms with Crippen LogP contribution in [0.25, 0.3) is 0 Å². The fraction of sp³-hybridized carbons (Fsp3) is 0.138. The highest BCUT2D eigenvalue weighted by Crippen LogP contribution is 2.19. The van der Waals surface area contributed by atoms with Crippen LogP contribution in [0.3, 0.4) is 0 Å². The van der Waals surface area contributed by atoms with Crippen LogP contribution in [-0.4, -0.2) is 5.91 Å². The molecule has 4 aromatic rings. The number of hydrogen-bond acceptors (Lipinski definition) is 3. The summed E-state index contributed by atoms with van der Waals surface area (Å²) < 4.78 is 5.81. The van der Waals surface area contributed by atoms with Gasteiger partial charge in [-0.25, -0.2) is 0 Å². The average Bonchev–Trinajstić information content (AvgIpc) is 2.88. The summed E-state index contributed by atoms with van der Waals surface area (Å²) in [6.45, 7) is 3.31. The van der Waals surface area contributed by atoms with E-state index in [2.05, 4.69) is 35.8 Å². The lowest BCUT2D eigenvalue weighted by atomic mass is 10.1. The maximum atomic E-state index is 12.8. The summed E-state index contributed by atoms with van der Waals surface area (Å²) in [4.78, 5) is 12.8. The molecule has 0 atom stereocenters. The lowest BCUT2D eigenvalue weighted by Crippen LogP contribution is -2.12. The fourth-order valence-corrected chi connectivity index (χ4v) is 3.60. The summed E-state index contributed by atoms with van der Waals surface area (Å²) in [6.07, 6.45) is 0.974. The van der Waals surface area contributed by atoms with Crippen molar-refractivity contribution in [2.75, 3.05) is 10.6 Å². The quantitative estimate of drug-likeness (QED) is 0.307. The van der Waals surface area contributed by atoms with Crippen molar-refractivity contribution in [2.24, 2.45) is 0 Å². The van der Waals surface area contributed by atoms with Crippen LogP contribution in [0.2, 0.25) is 0 Å². The Morgan fingerprint density at radius 1 is 0.788 bits per heavy atom. The monoisotopic (exact) mass is 436 g/mol. The molecule has 0 aliphatic heterocycles. The molecule has 0 fully saturated rings. The Bertz CT molecular complexity index is 1190. The molecule has 4 heteroatoms. The minimum absolute atomic E-state index is 0.135. The second-order valence-corrected chi connectivity index (χ2v) is 7.82. The molecule has 0 aliphatic rings. The molecule has 2 N–H and O–H groups in total. The smallest absolute Gasteiger partial charge is 0.255 e. The molecule has 0 spiro atoms. The zero-order valence-electron chi connectivity index (χ0n) is 18.8. The summed E-state index contributed by atoms with van der Waals surface area (Å²) >= 11 is 0. The van der Waals surface area contributed by atoms with Crippen LogP contribution in [0.4, 0.5) is 11.4 Å². The Morgan fingerprint density at radius 2 is 1.52 bits per heavy atom. The number of ether oxygens (including phenoxy) is 1. The summed E-state index contributed by atoms with van der Waals surface area (Å²) in [5, 5.41) is 6.44. The van der Waals surface area contributed by atoms with Crippen molar-refractivity contribution in [3.05, 3.63) is 125 Å². The molecule has 0 saturated carbocycles. The van der Waals surface area contributed by atoms with Gasteiger partial charge in [-0.05, 0) is 65.6 Å². The molecule has 4 rings (SSSR count). The first-order valence-corrected chi connectivity index (χ1v) is 11.2. The van der Waals surface area contributed by atoms with Crippen LogP contribution in [0, 0.1) is 0 Å². The molecule has 4 aromatic carbocycles. The normalized spacial score (nSPS) is 10.5. The average molecular weight is 437 g/mol. The van der Waals surface area contributed by atoms with Crippen molar-refractivity contribution in [3.63, 3.8) is 0 Å². The molecule has 4 nitrogen and oxygen atoms in total.